The first-order valence-electron chi connectivity index (χ1n) is 11.2. The second kappa shape index (κ2) is 10.2. The van der Waals surface area contributed by atoms with Gasteiger partial charge >= 0.3 is 5.97 Å². The van der Waals surface area contributed by atoms with E-state index >= 15 is 0 Å². The summed E-state index contributed by atoms with van der Waals surface area (Å²) in [6, 6.07) is 16.8. The van der Waals surface area contributed by atoms with Gasteiger partial charge in [0.1, 0.15) is 5.75 Å². The molecule has 1 atom stereocenters. The maximum absolute atomic E-state index is 11.6. The zero-order chi connectivity index (χ0) is 21.6. The van der Waals surface area contributed by atoms with E-state index in [1.165, 1.54) is 31.2 Å². The van der Waals surface area contributed by atoms with E-state index in [4.69, 9.17) is 9.47 Å². The molecule has 2 aliphatic heterocycles. The lowest BCUT2D eigenvalue weighted by atomic mass is 10.0. The quantitative estimate of drug-likeness (QED) is 0.665. The van der Waals surface area contributed by atoms with Crippen molar-refractivity contribution in [1.82, 2.24) is 9.80 Å². The Morgan fingerprint density at radius 1 is 0.935 bits per heavy atom. The number of hydrogen-bond donors (Lipinski definition) is 0. The number of carbonyl (C=O) groups is 1. The molecule has 4 rings (SSSR count). The summed E-state index contributed by atoms with van der Waals surface area (Å²) < 4.78 is 10.1. The third kappa shape index (κ3) is 5.38. The molecule has 2 fully saturated rings. The van der Waals surface area contributed by atoms with Crippen molar-refractivity contribution in [3.63, 3.8) is 0 Å². The van der Waals surface area contributed by atoms with Gasteiger partial charge in [-0.15, -0.1) is 0 Å². The van der Waals surface area contributed by atoms with Crippen molar-refractivity contribution in [2.45, 2.75) is 25.4 Å². The molecule has 31 heavy (non-hydrogen) atoms. The van der Waals surface area contributed by atoms with Gasteiger partial charge in [-0.1, -0.05) is 12.1 Å². The lowest BCUT2D eigenvalue weighted by Crippen LogP contribution is -2.55. The van der Waals surface area contributed by atoms with Gasteiger partial charge in [-0.3, -0.25) is 9.80 Å². The van der Waals surface area contributed by atoms with E-state index in [2.05, 4.69) is 26.8 Å². The van der Waals surface area contributed by atoms with Crippen LogP contribution in [0.2, 0.25) is 0 Å². The van der Waals surface area contributed by atoms with Crippen LogP contribution in [0.1, 0.15) is 28.8 Å². The minimum atomic E-state index is -0.279. The number of methoxy groups -OCH3 is 2. The summed E-state index contributed by atoms with van der Waals surface area (Å²) in [6.07, 6.45) is 2.52. The van der Waals surface area contributed by atoms with E-state index in [1.54, 1.807) is 7.11 Å². The minimum Gasteiger partial charge on any atom is -0.497 e. The van der Waals surface area contributed by atoms with E-state index in [1.807, 2.05) is 36.4 Å². The normalized spacial score (nSPS) is 20.5. The lowest BCUT2D eigenvalue weighted by Gasteiger charge is -2.44. The Kier molecular flexibility index (Phi) is 7.10. The summed E-state index contributed by atoms with van der Waals surface area (Å²) in [4.78, 5) is 19.3. The first-order valence-corrected chi connectivity index (χ1v) is 11.2. The molecule has 2 aromatic rings. The van der Waals surface area contributed by atoms with Gasteiger partial charge in [0.2, 0.25) is 0 Å². The van der Waals surface area contributed by atoms with Crippen LogP contribution in [0.3, 0.4) is 0 Å². The van der Waals surface area contributed by atoms with Crippen LogP contribution in [0, 0.1) is 0 Å². The van der Waals surface area contributed by atoms with Crippen molar-refractivity contribution in [1.29, 1.82) is 0 Å². The average Bonchev–Trinajstić information content (AvgIpc) is 2.84. The Labute approximate surface area is 185 Å². The summed E-state index contributed by atoms with van der Waals surface area (Å²) in [6.45, 7) is 7.54. The third-order valence-electron chi connectivity index (χ3n) is 6.53. The Morgan fingerprint density at radius 2 is 1.65 bits per heavy atom. The number of nitrogens with zero attached hydrogens (tertiary/aromatic N) is 3. The molecule has 2 saturated heterocycles. The Hall–Kier alpha value is -2.57. The largest absolute Gasteiger partial charge is 0.497 e. The molecule has 0 unspecified atom stereocenters. The summed E-state index contributed by atoms with van der Waals surface area (Å²) in [7, 11) is 3.12. The smallest absolute Gasteiger partial charge is 0.337 e. The zero-order valence-corrected chi connectivity index (χ0v) is 18.6. The van der Waals surface area contributed by atoms with Crippen molar-refractivity contribution < 1.29 is 14.3 Å². The average molecular weight is 424 g/mol. The standard InChI is InChI=1S/C25H33N3O3/c1-30-24-11-9-22(10-12-24)27-14-16-28(17-15-27)23-4-3-13-26(19-23)18-20-5-7-21(8-6-20)25(29)31-2/h5-12,23H,3-4,13-19H2,1-2H3/t23-/m0/s1. The number of piperazine rings is 1. The Balaban J connectivity index is 1.28. The number of likely N-dealkylation sites (tertiary alicyclic amines) is 1. The SMILES string of the molecule is COC(=O)c1ccc(CN2CCC[C@H](N3CCN(c4ccc(OC)cc4)CC3)C2)cc1. The molecular formula is C25H33N3O3. The fourth-order valence-corrected chi connectivity index (χ4v) is 4.73. The van der Waals surface area contributed by atoms with Gasteiger partial charge in [-0.05, 0) is 61.3 Å². The van der Waals surface area contributed by atoms with Crippen LogP contribution in [-0.2, 0) is 11.3 Å². The van der Waals surface area contributed by atoms with Gasteiger partial charge < -0.3 is 14.4 Å². The molecule has 0 radical (unpaired) electrons. The summed E-state index contributed by atoms with van der Waals surface area (Å²) in [5, 5.41) is 0. The van der Waals surface area contributed by atoms with Crippen molar-refractivity contribution in [3.05, 3.63) is 59.7 Å². The Bertz CT molecular complexity index is 845. The first kappa shape index (κ1) is 21.7. The summed E-state index contributed by atoms with van der Waals surface area (Å²) in [5.41, 5.74) is 3.14. The molecule has 6 nitrogen and oxygen atoms in total. The number of rotatable bonds is 6. The van der Waals surface area contributed by atoms with E-state index in [0.717, 1.165) is 51.6 Å². The number of benzene rings is 2. The monoisotopic (exact) mass is 423 g/mol. The van der Waals surface area contributed by atoms with Gasteiger partial charge in [-0.2, -0.15) is 0 Å². The molecule has 0 aromatic heterocycles. The van der Waals surface area contributed by atoms with Crippen molar-refractivity contribution in [2.24, 2.45) is 0 Å². The molecule has 0 saturated carbocycles. The van der Waals surface area contributed by atoms with Crippen molar-refractivity contribution in [2.75, 3.05) is 58.4 Å². The van der Waals surface area contributed by atoms with E-state index < -0.39 is 0 Å². The topological polar surface area (TPSA) is 45.2 Å². The lowest BCUT2D eigenvalue weighted by molar-refractivity contribution is 0.0600. The highest BCUT2D eigenvalue weighted by molar-refractivity contribution is 5.89. The maximum Gasteiger partial charge on any atom is 0.337 e. The van der Waals surface area contributed by atoms with Crippen LogP contribution >= 0.6 is 0 Å². The third-order valence-corrected chi connectivity index (χ3v) is 6.53. The zero-order valence-electron chi connectivity index (χ0n) is 18.6. The Morgan fingerprint density at radius 3 is 2.29 bits per heavy atom. The molecular weight excluding hydrogens is 390 g/mol. The minimum absolute atomic E-state index is 0.279. The van der Waals surface area contributed by atoms with Crippen LogP contribution < -0.4 is 9.64 Å². The highest BCUT2D eigenvalue weighted by Gasteiger charge is 2.28. The molecule has 166 valence electrons. The summed E-state index contributed by atoms with van der Waals surface area (Å²) >= 11 is 0. The highest BCUT2D eigenvalue weighted by atomic mass is 16.5. The van der Waals surface area contributed by atoms with E-state index in [-0.39, 0.29) is 5.97 Å². The number of anilines is 1. The van der Waals surface area contributed by atoms with Gasteiger partial charge in [0.25, 0.3) is 0 Å². The van der Waals surface area contributed by atoms with E-state index in [9.17, 15) is 4.79 Å². The highest BCUT2D eigenvalue weighted by Crippen LogP contribution is 2.23. The van der Waals surface area contributed by atoms with Crippen molar-refractivity contribution in [3.8, 4) is 5.75 Å². The summed E-state index contributed by atoms with van der Waals surface area (Å²) in [5.74, 6) is 0.628. The number of piperidine rings is 1. The van der Waals surface area contributed by atoms with Crippen LogP contribution in [0.15, 0.2) is 48.5 Å². The van der Waals surface area contributed by atoms with Crippen LogP contribution in [0.5, 0.6) is 5.75 Å². The molecule has 0 amide bonds. The molecule has 0 spiro atoms. The second-order valence-corrected chi connectivity index (χ2v) is 8.44. The van der Waals surface area contributed by atoms with Crippen LogP contribution in [-0.4, -0.2) is 75.3 Å². The maximum atomic E-state index is 11.6. The first-order chi connectivity index (χ1) is 15.2. The van der Waals surface area contributed by atoms with E-state index in [0.29, 0.717) is 11.6 Å². The molecule has 2 aromatic carbocycles. The fraction of sp³-hybridized carbons (Fsp3) is 0.480. The molecule has 0 N–H and O–H groups in total. The fourth-order valence-electron chi connectivity index (χ4n) is 4.73. The molecule has 0 bridgehead atoms. The number of esters is 1. The number of hydrogen-bond acceptors (Lipinski definition) is 6. The molecule has 2 aliphatic rings. The predicted octanol–water partition coefficient (Wildman–Crippen LogP) is 3.27. The van der Waals surface area contributed by atoms with Gasteiger partial charge in [-0.25, -0.2) is 4.79 Å². The number of ether oxygens (including phenoxy) is 2. The molecule has 0 aliphatic carbocycles. The van der Waals surface area contributed by atoms with Gasteiger partial charge in [0, 0.05) is 51.0 Å². The van der Waals surface area contributed by atoms with Crippen molar-refractivity contribution >= 4 is 11.7 Å². The second-order valence-electron chi connectivity index (χ2n) is 8.44. The van der Waals surface area contributed by atoms with Gasteiger partial charge in [0.15, 0.2) is 0 Å². The van der Waals surface area contributed by atoms with Gasteiger partial charge in [0.05, 0.1) is 19.8 Å². The van der Waals surface area contributed by atoms with Crippen LogP contribution in [0.25, 0.3) is 0 Å². The molecule has 6 heteroatoms. The predicted molar refractivity (Wildman–Crippen MR) is 123 cm³/mol. The number of carbonyl (C=O) groups excluding carboxylic acids is 1. The molecule has 2 heterocycles. The van der Waals surface area contributed by atoms with Crippen LogP contribution in [0.4, 0.5) is 5.69 Å².